The normalized spacial score (nSPS) is 14.5. The van der Waals surface area contributed by atoms with Gasteiger partial charge >= 0.3 is 33.6 Å². The second-order valence-electron chi connectivity index (χ2n) is 33.2. The predicted octanol–water partition coefficient (Wildman–Crippen LogP) is 31.6. The second kappa shape index (κ2) is 97.7. The molecule has 0 spiro atoms. The molecule has 0 saturated carbocycles. The molecule has 16 nitrogen and oxygen atoms in total. The highest BCUT2D eigenvalue weighted by atomic mass is 31.2. The lowest BCUT2D eigenvalue weighted by Gasteiger charge is -2.21. The summed E-state index contributed by atoms with van der Waals surface area (Å²) in [5.41, 5.74) is 0. The minimum absolute atomic E-state index is 0.0971. The van der Waals surface area contributed by atoms with E-state index in [0.29, 0.717) is 19.3 Å². The number of allylic oxidation sites excluding steroid dienone is 30. The first-order valence-electron chi connectivity index (χ1n) is 50.1. The number of rotatable bonds is 94. The van der Waals surface area contributed by atoms with Gasteiger partial charge in [-0.15, -0.1) is 0 Å². The first-order valence-corrected chi connectivity index (χ1v) is 53.1. The van der Waals surface area contributed by atoms with Gasteiger partial charge in [-0.2, -0.15) is 0 Å². The monoisotopic (exact) mass is 1790 g/mol. The summed E-state index contributed by atoms with van der Waals surface area (Å²) in [5, 5.41) is 20.8. The molecule has 0 heterocycles. The summed E-state index contributed by atoms with van der Waals surface area (Å²) >= 11 is 0. The van der Waals surface area contributed by atoms with Crippen LogP contribution in [0.2, 0.25) is 0 Å². The highest BCUT2D eigenvalue weighted by Gasteiger charge is 2.30. The maximum absolute atomic E-state index is 13.1. The van der Waals surface area contributed by atoms with Gasteiger partial charge in [0.15, 0.2) is 6.10 Å². The fourth-order valence-corrected chi connectivity index (χ4v) is 15.2. The van der Waals surface area contributed by atoms with Gasteiger partial charge in [-0.3, -0.25) is 32.5 Å². The minimum atomic E-state index is -4.95. The van der Waals surface area contributed by atoms with Crippen LogP contribution in [0.5, 0.6) is 0 Å². The van der Waals surface area contributed by atoms with Crippen LogP contribution in [0.1, 0.15) is 419 Å². The maximum atomic E-state index is 13.1. The highest BCUT2D eigenvalue weighted by Crippen LogP contribution is 2.45. The van der Waals surface area contributed by atoms with Crippen molar-refractivity contribution >= 4 is 33.6 Å². The van der Waals surface area contributed by atoms with Crippen LogP contribution in [0.25, 0.3) is 0 Å². The molecule has 0 rings (SSSR count). The van der Waals surface area contributed by atoms with Gasteiger partial charge in [0.25, 0.3) is 0 Å². The van der Waals surface area contributed by atoms with Gasteiger partial charge in [0.2, 0.25) is 0 Å². The standard InChI is InChI=1S/C107H182O16P2/c1-4-7-10-13-16-19-22-25-28-31-34-37-40-43-46-48-49-50-51-53-56-57-60-63-66-69-72-75-78-81-84-87-90-93-105(110)117-96-102(108)97-119-124(113,114)120-98-103(109)99-121-125(115,116)122-101-104(123-107(112)95-92-89-86-83-80-77-74-71-68-65-62-59-54-45-42-39-36-33-30-27-24-21-18-15-12-9-6-3)100-118-106(111)94-91-88-85-82-79-76-73-70-67-64-61-58-55-52-47-44-41-38-35-32-29-26-23-20-17-14-11-8-5-2/h7-8,10-11,16-21,25-30,34-39,43-47,49-50,54,102-104,108-109H,4-6,9,12-15,22-24,31-33,40-42,48,51-53,55-101H2,1-3H3,(H,113,114)(H,115,116)/b10-7-,11-8-,19-16-,20-17-,21-18-,28-25-,29-26-,30-27-,37-34-,38-35-,39-36-,46-43-,47-44-,50-49-,54-45-. The Morgan fingerprint density at radius 1 is 0.232 bits per heavy atom. The average molecular weight is 1790 g/mol. The Morgan fingerprint density at radius 3 is 0.672 bits per heavy atom. The summed E-state index contributed by atoms with van der Waals surface area (Å²) in [6, 6.07) is 0. The van der Waals surface area contributed by atoms with Crippen molar-refractivity contribution in [2.45, 2.75) is 437 Å². The summed E-state index contributed by atoms with van der Waals surface area (Å²) < 4.78 is 61.7. The molecule has 0 aliphatic rings. The summed E-state index contributed by atoms with van der Waals surface area (Å²) in [5.74, 6) is -1.57. The van der Waals surface area contributed by atoms with Crippen LogP contribution >= 0.6 is 15.6 Å². The lowest BCUT2D eigenvalue weighted by Crippen LogP contribution is -2.30. The molecule has 5 unspecified atom stereocenters. The van der Waals surface area contributed by atoms with Crippen molar-refractivity contribution in [1.29, 1.82) is 0 Å². The van der Waals surface area contributed by atoms with Crippen molar-refractivity contribution in [3.05, 3.63) is 182 Å². The van der Waals surface area contributed by atoms with Gasteiger partial charge in [0.05, 0.1) is 26.4 Å². The molecule has 716 valence electrons. The SMILES string of the molecule is CC/C=C\C/C=C\C/C=C\C/C=C\C/C=C\C/C=C\CCCCCCCCCCCCCCCCC(=O)OCC(O)COP(=O)(O)OCC(O)COP(=O)(O)OCC(COC(=O)CCCCCCCCCCCCCCC/C=C\C/C=C\C/C=C\C/C=C\C/C=C\CC)OC(=O)CCCCCCCCCCCCC/C=C\C/C=C\C/C=C\C/C=C\CCCCC. The Balaban J connectivity index is 4.62. The molecule has 5 atom stereocenters. The van der Waals surface area contributed by atoms with E-state index in [-0.39, 0.29) is 19.3 Å². The van der Waals surface area contributed by atoms with Crippen LogP contribution in [0.4, 0.5) is 0 Å². The number of unbranched alkanes of at least 4 members (excludes halogenated alkanes) is 41. The molecule has 4 N–H and O–H groups in total. The molecule has 0 saturated heterocycles. The zero-order valence-electron chi connectivity index (χ0n) is 79.2. The fourth-order valence-electron chi connectivity index (χ4n) is 13.6. The number of aliphatic hydroxyl groups is 2. The molecule has 0 aromatic carbocycles. The molecule has 0 aromatic heterocycles. The first-order chi connectivity index (χ1) is 61.2. The number of carbonyl (C=O) groups excluding carboxylic acids is 3. The van der Waals surface area contributed by atoms with E-state index in [1.807, 2.05) is 0 Å². The van der Waals surface area contributed by atoms with Crippen molar-refractivity contribution in [3.8, 4) is 0 Å². The number of carbonyl (C=O) groups is 3. The first kappa shape index (κ1) is 120. The molecule has 125 heavy (non-hydrogen) atoms. The molecule has 0 amide bonds. The third-order valence-electron chi connectivity index (χ3n) is 21.1. The number of hydrogen-bond acceptors (Lipinski definition) is 14. The number of ether oxygens (including phenoxy) is 3. The van der Waals surface area contributed by atoms with E-state index in [9.17, 15) is 43.5 Å². The molecule has 0 aliphatic heterocycles. The molecule has 0 fully saturated rings. The van der Waals surface area contributed by atoms with Crippen LogP contribution in [-0.2, 0) is 55.8 Å². The van der Waals surface area contributed by atoms with Gasteiger partial charge in [-0.1, -0.05) is 421 Å². The quantitative estimate of drug-likeness (QED) is 0.0146. The van der Waals surface area contributed by atoms with Crippen LogP contribution in [-0.4, -0.2) is 95.9 Å². The number of phosphoric ester groups is 2. The topological polar surface area (TPSA) is 231 Å². The van der Waals surface area contributed by atoms with E-state index in [1.54, 1.807) is 0 Å². The van der Waals surface area contributed by atoms with Crippen molar-refractivity contribution in [2.24, 2.45) is 0 Å². The number of hydrogen-bond donors (Lipinski definition) is 4. The Bertz CT molecular complexity index is 3000. The van der Waals surface area contributed by atoms with E-state index in [4.69, 9.17) is 32.3 Å². The van der Waals surface area contributed by atoms with E-state index in [0.717, 1.165) is 180 Å². The van der Waals surface area contributed by atoms with Crippen molar-refractivity contribution < 1.29 is 75.8 Å². The summed E-state index contributed by atoms with van der Waals surface area (Å²) in [6.45, 7) is 2.49. The van der Waals surface area contributed by atoms with Crippen LogP contribution in [0, 0.1) is 0 Å². The van der Waals surface area contributed by atoms with E-state index in [2.05, 4.69) is 203 Å². The van der Waals surface area contributed by atoms with E-state index in [1.165, 1.54) is 180 Å². The Hall–Kier alpha value is -5.35. The summed E-state index contributed by atoms with van der Waals surface area (Å²) in [6.07, 6.45) is 129. The number of aliphatic hydroxyl groups excluding tert-OH is 2. The predicted molar refractivity (Wildman–Crippen MR) is 528 cm³/mol. The van der Waals surface area contributed by atoms with Crippen molar-refractivity contribution in [2.75, 3.05) is 39.6 Å². The zero-order chi connectivity index (χ0) is 90.7. The Morgan fingerprint density at radius 2 is 0.424 bits per heavy atom. The molecular formula is C107H182O16P2. The van der Waals surface area contributed by atoms with Gasteiger partial charge in [-0.05, 0) is 161 Å². The highest BCUT2D eigenvalue weighted by molar-refractivity contribution is 7.47. The largest absolute Gasteiger partial charge is 0.472 e. The molecule has 18 heteroatoms. The van der Waals surface area contributed by atoms with E-state index >= 15 is 0 Å². The second-order valence-corrected chi connectivity index (χ2v) is 36.1. The molecule has 0 aliphatic carbocycles. The Kier molecular flexibility index (Phi) is 93.5. The third-order valence-corrected chi connectivity index (χ3v) is 23.0. The van der Waals surface area contributed by atoms with Crippen LogP contribution < -0.4 is 0 Å². The van der Waals surface area contributed by atoms with Crippen LogP contribution in [0.3, 0.4) is 0 Å². The third kappa shape index (κ3) is 99.1. The molecular weight excluding hydrogens is 1600 g/mol. The van der Waals surface area contributed by atoms with Gasteiger partial charge < -0.3 is 34.2 Å². The lowest BCUT2D eigenvalue weighted by molar-refractivity contribution is -0.161. The zero-order valence-corrected chi connectivity index (χ0v) is 81.0. The fraction of sp³-hybridized carbons (Fsp3) is 0.692. The molecule has 0 radical (unpaired) electrons. The van der Waals surface area contributed by atoms with Crippen LogP contribution in [0.15, 0.2) is 182 Å². The summed E-state index contributed by atoms with van der Waals surface area (Å²) in [7, 11) is -9.82. The van der Waals surface area contributed by atoms with Gasteiger partial charge in [-0.25, -0.2) is 9.13 Å². The lowest BCUT2D eigenvalue weighted by atomic mass is 10.0. The number of esters is 3. The average Bonchev–Trinajstić information content (AvgIpc) is 0.902. The van der Waals surface area contributed by atoms with Gasteiger partial charge in [0.1, 0.15) is 25.4 Å². The smallest absolute Gasteiger partial charge is 0.463 e. The van der Waals surface area contributed by atoms with Gasteiger partial charge in [0, 0.05) is 19.3 Å². The van der Waals surface area contributed by atoms with E-state index < -0.39 is 91.5 Å². The molecule has 0 bridgehead atoms. The minimum Gasteiger partial charge on any atom is -0.463 e. The molecule has 0 aromatic rings. The maximum Gasteiger partial charge on any atom is 0.472 e. The van der Waals surface area contributed by atoms with Crippen molar-refractivity contribution in [1.82, 2.24) is 0 Å². The number of phosphoric acid groups is 2. The summed E-state index contributed by atoms with van der Waals surface area (Å²) in [4.78, 5) is 59.2. The van der Waals surface area contributed by atoms with Crippen molar-refractivity contribution in [3.63, 3.8) is 0 Å². The Labute approximate surface area is 764 Å².